The Morgan fingerprint density at radius 1 is 1.20 bits per heavy atom. The van der Waals surface area contributed by atoms with E-state index < -0.39 is 17.0 Å². The van der Waals surface area contributed by atoms with Gasteiger partial charge in [0.05, 0.1) is 11.0 Å². The van der Waals surface area contributed by atoms with Gasteiger partial charge in [0.2, 0.25) is 0 Å². The summed E-state index contributed by atoms with van der Waals surface area (Å²) in [5, 5.41) is 22.5. The highest BCUT2D eigenvalue weighted by molar-refractivity contribution is 5.76. The normalized spacial score (nSPS) is 28.1. The van der Waals surface area contributed by atoms with Gasteiger partial charge in [-0.1, -0.05) is 19.3 Å². The molecule has 2 aliphatic rings. The van der Waals surface area contributed by atoms with E-state index in [0.29, 0.717) is 19.5 Å². The Hall–Kier alpha value is -0.610. The van der Waals surface area contributed by atoms with E-state index in [0.717, 1.165) is 25.7 Å². The molecule has 0 aromatic rings. The van der Waals surface area contributed by atoms with E-state index in [2.05, 4.69) is 5.32 Å². The molecule has 1 aliphatic carbocycles. The second-order valence-electron chi connectivity index (χ2n) is 5.15. The first-order valence-electron chi connectivity index (χ1n) is 5.73. The number of hydrogen-bond acceptors (Lipinski definition) is 3. The summed E-state index contributed by atoms with van der Waals surface area (Å²) in [6, 6.07) is 0. The van der Waals surface area contributed by atoms with E-state index in [4.69, 9.17) is 0 Å². The molecule has 0 bridgehead atoms. The molecule has 86 valence electrons. The third-order valence-electron chi connectivity index (χ3n) is 3.83. The van der Waals surface area contributed by atoms with Crippen molar-refractivity contribution in [2.45, 2.75) is 44.1 Å². The number of carboxylic acid groups (broad SMARTS) is 1. The molecule has 0 amide bonds. The molecule has 2 rings (SSSR count). The zero-order valence-electron chi connectivity index (χ0n) is 8.96. The van der Waals surface area contributed by atoms with E-state index in [-0.39, 0.29) is 0 Å². The maximum Gasteiger partial charge on any atom is 0.312 e. The maximum absolute atomic E-state index is 11.2. The van der Waals surface area contributed by atoms with E-state index in [1.54, 1.807) is 0 Å². The molecular weight excluding hydrogens is 194 g/mol. The summed E-state index contributed by atoms with van der Waals surface area (Å²) in [7, 11) is 0. The fraction of sp³-hybridized carbons (Fsp3) is 0.909. The molecule has 2 fully saturated rings. The van der Waals surface area contributed by atoms with Gasteiger partial charge in [0.1, 0.15) is 0 Å². The first-order chi connectivity index (χ1) is 7.06. The van der Waals surface area contributed by atoms with Crippen LogP contribution in [0.1, 0.15) is 38.5 Å². The lowest BCUT2D eigenvalue weighted by atomic mass is 9.68. The quantitative estimate of drug-likeness (QED) is 0.647. The van der Waals surface area contributed by atoms with E-state index >= 15 is 0 Å². The van der Waals surface area contributed by atoms with Crippen molar-refractivity contribution in [3.63, 3.8) is 0 Å². The van der Waals surface area contributed by atoms with Gasteiger partial charge in [0.15, 0.2) is 0 Å². The lowest BCUT2D eigenvalue weighted by molar-refractivity contribution is -0.159. The topological polar surface area (TPSA) is 69.6 Å². The van der Waals surface area contributed by atoms with Crippen LogP contribution < -0.4 is 5.32 Å². The van der Waals surface area contributed by atoms with Crippen LogP contribution in [0.3, 0.4) is 0 Å². The van der Waals surface area contributed by atoms with Crippen molar-refractivity contribution < 1.29 is 15.0 Å². The highest BCUT2D eigenvalue weighted by atomic mass is 16.4. The average Bonchev–Trinajstić information content (AvgIpc) is 2.12. The molecule has 0 atom stereocenters. The van der Waals surface area contributed by atoms with Gasteiger partial charge >= 0.3 is 5.97 Å². The molecule has 1 saturated carbocycles. The summed E-state index contributed by atoms with van der Waals surface area (Å²) in [5.74, 6) is -0.764. The molecular formula is C11H19NO3. The van der Waals surface area contributed by atoms with Crippen molar-refractivity contribution in [2.24, 2.45) is 5.41 Å². The Labute approximate surface area is 89.7 Å². The van der Waals surface area contributed by atoms with Gasteiger partial charge < -0.3 is 15.5 Å². The summed E-state index contributed by atoms with van der Waals surface area (Å²) >= 11 is 0. The number of hydrogen-bond donors (Lipinski definition) is 3. The van der Waals surface area contributed by atoms with Crippen LogP contribution in [-0.4, -0.2) is 34.9 Å². The summed E-state index contributed by atoms with van der Waals surface area (Å²) in [4.78, 5) is 11.2. The number of nitrogens with one attached hydrogen (secondary N) is 1. The summed E-state index contributed by atoms with van der Waals surface area (Å²) in [6.45, 7) is 1.01. The maximum atomic E-state index is 11.2. The Morgan fingerprint density at radius 3 is 2.20 bits per heavy atom. The number of rotatable bonds is 3. The van der Waals surface area contributed by atoms with Crippen molar-refractivity contribution >= 4 is 5.97 Å². The first-order valence-corrected chi connectivity index (χ1v) is 5.73. The lowest BCUT2D eigenvalue weighted by Crippen LogP contribution is -2.61. The minimum absolute atomic E-state index is 0.419. The molecule has 0 aromatic carbocycles. The number of aliphatic carboxylic acids is 1. The molecule has 4 heteroatoms. The third kappa shape index (κ3) is 2.01. The predicted molar refractivity (Wildman–Crippen MR) is 55.6 cm³/mol. The fourth-order valence-electron chi connectivity index (χ4n) is 2.80. The smallest absolute Gasteiger partial charge is 0.312 e. The summed E-state index contributed by atoms with van der Waals surface area (Å²) in [5.41, 5.74) is -1.43. The Bertz CT molecular complexity index is 255. The van der Waals surface area contributed by atoms with Crippen molar-refractivity contribution in [1.29, 1.82) is 0 Å². The van der Waals surface area contributed by atoms with Gasteiger partial charge in [-0.15, -0.1) is 0 Å². The van der Waals surface area contributed by atoms with Crippen LogP contribution in [0.15, 0.2) is 0 Å². The summed E-state index contributed by atoms with van der Waals surface area (Å²) < 4.78 is 0. The van der Waals surface area contributed by atoms with Crippen molar-refractivity contribution in [3.8, 4) is 0 Å². The third-order valence-corrected chi connectivity index (χ3v) is 3.83. The van der Waals surface area contributed by atoms with Gasteiger partial charge in [0, 0.05) is 13.1 Å². The van der Waals surface area contributed by atoms with E-state index in [1.165, 1.54) is 6.42 Å². The molecule has 0 unspecified atom stereocenters. The fourth-order valence-corrected chi connectivity index (χ4v) is 2.80. The number of carboxylic acids is 1. The highest BCUT2D eigenvalue weighted by Gasteiger charge is 2.49. The highest BCUT2D eigenvalue weighted by Crippen LogP contribution is 2.40. The molecule has 0 spiro atoms. The predicted octanol–water partition coefficient (Wildman–Crippen LogP) is 0.746. The molecule has 3 N–H and O–H groups in total. The molecule has 4 nitrogen and oxygen atoms in total. The van der Waals surface area contributed by atoms with Crippen molar-refractivity contribution in [2.75, 3.05) is 13.1 Å². The van der Waals surface area contributed by atoms with Crippen LogP contribution >= 0.6 is 0 Å². The second-order valence-corrected chi connectivity index (χ2v) is 5.15. The molecule has 1 aliphatic heterocycles. The van der Waals surface area contributed by atoms with E-state index in [1.807, 2.05) is 0 Å². The number of carbonyl (C=O) groups is 1. The Kier molecular flexibility index (Phi) is 2.73. The van der Waals surface area contributed by atoms with Crippen LogP contribution in [0.5, 0.6) is 0 Å². The largest absolute Gasteiger partial charge is 0.481 e. The van der Waals surface area contributed by atoms with Crippen LogP contribution in [0.4, 0.5) is 0 Å². The first kappa shape index (κ1) is 10.9. The monoisotopic (exact) mass is 213 g/mol. The minimum atomic E-state index is -0.764. The molecule has 15 heavy (non-hydrogen) atoms. The van der Waals surface area contributed by atoms with Crippen molar-refractivity contribution in [3.05, 3.63) is 0 Å². The van der Waals surface area contributed by atoms with Gasteiger partial charge in [-0.3, -0.25) is 4.79 Å². The van der Waals surface area contributed by atoms with Crippen LogP contribution in [0.2, 0.25) is 0 Å². The Balaban J connectivity index is 2.02. The minimum Gasteiger partial charge on any atom is -0.481 e. The summed E-state index contributed by atoms with van der Waals surface area (Å²) in [6.07, 6.45) is 5.17. The SMILES string of the molecule is O=C(O)C1(CC2(O)CCCCC2)CNC1. The number of aliphatic hydroxyl groups is 1. The lowest BCUT2D eigenvalue weighted by Gasteiger charge is -2.45. The molecule has 0 radical (unpaired) electrons. The van der Waals surface area contributed by atoms with Crippen molar-refractivity contribution in [1.82, 2.24) is 5.32 Å². The van der Waals surface area contributed by atoms with Gasteiger partial charge in [0.25, 0.3) is 0 Å². The van der Waals surface area contributed by atoms with Gasteiger partial charge in [-0.25, -0.2) is 0 Å². The second kappa shape index (κ2) is 3.76. The standard InChI is InChI=1S/C11H19NO3/c13-9(14)10(7-12-8-10)6-11(15)4-2-1-3-5-11/h12,15H,1-8H2,(H,13,14). The van der Waals surface area contributed by atoms with Crippen LogP contribution in [0.25, 0.3) is 0 Å². The average molecular weight is 213 g/mol. The molecule has 1 saturated heterocycles. The molecule has 0 aromatic heterocycles. The Morgan fingerprint density at radius 2 is 1.80 bits per heavy atom. The van der Waals surface area contributed by atoms with Crippen LogP contribution in [0, 0.1) is 5.41 Å². The zero-order chi connectivity index (χ0) is 10.9. The molecule has 1 heterocycles. The van der Waals surface area contributed by atoms with E-state index in [9.17, 15) is 15.0 Å². The van der Waals surface area contributed by atoms with Gasteiger partial charge in [-0.05, 0) is 19.3 Å². The van der Waals surface area contributed by atoms with Gasteiger partial charge in [-0.2, -0.15) is 0 Å². The zero-order valence-corrected chi connectivity index (χ0v) is 8.96. The van der Waals surface area contributed by atoms with Crippen LogP contribution in [-0.2, 0) is 4.79 Å².